The number of aromatic nitrogens is 2. The molecule has 0 saturated heterocycles. The molecule has 1 heterocycles. The van der Waals surface area contributed by atoms with Crippen LogP contribution in [0.25, 0.3) is 5.69 Å². The zero-order valence-electron chi connectivity index (χ0n) is 16.0. The van der Waals surface area contributed by atoms with Gasteiger partial charge in [0.25, 0.3) is 0 Å². The number of amides is 2. The minimum Gasteiger partial charge on any atom is -0.469 e. The minimum absolute atomic E-state index is 0.116. The van der Waals surface area contributed by atoms with Crippen LogP contribution in [0.1, 0.15) is 18.0 Å². The van der Waals surface area contributed by atoms with Gasteiger partial charge in [0.1, 0.15) is 0 Å². The van der Waals surface area contributed by atoms with Crippen LogP contribution in [-0.2, 0) is 19.1 Å². The Balaban J connectivity index is 1.68. The lowest BCUT2D eigenvalue weighted by molar-refractivity contribution is -0.142. The van der Waals surface area contributed by atoms with Crippen LogP contribution in [-0.4, -0.2) is 34.7 Å². The van der Waals surface area contributed by atoms with Crippen LogP contribution in [0, 0.1) is 0 Å². The molecule has 3 rings (SSSR count). The average Bonchev–Trinajstić information content (AvgIpc) is 3.22. The number of halogens is 1. The summed E-state index contributed by atoms with van der Waals surface area (Å²) < 4.78 is 7.06. The quantitative estimate of drug-likeness (QED) is 0.425. The van der Waals surface area contributed by atoms with Gasteiger partial charge in [0, 0.05) is 16.7 Å². The fraction of sp³-hybridized carbons (Fsp3) is 0.143. The molecule has 8 nitrogen and oxygen atoms in total. The Hall–Kier alpha value is -3.46. The van der Waals surface area contributed by atoms with Gasteiger partial charge in [-0.15, -0.1) is 0 Å². The number of nitrogens with one attached hydrogen (secondary N) is 2. The summed E-state index contributed by atoms with van der Waals surface area (Å²) in [7, 11) is 1.26. The molecular weight excluding hydrogens is 452 g/mol. The van der Waals surface area contributed by atoms with Crippen molar-refractivity contribution in [2.24, 2.45) is 0 Å². The van der Waals surface area contributed by atoms with E-state index in [9.17, 15) is 14.4 Å². The Morgan fingerprint density at radius 3 is 2.53 bits per heavy atom. The highest BCUT2D eigenvalue weighted by Crippen LogP contribution is 2.21. The molecule has 0 spiro atoms. The van der Waals surface area contributed by atoms with E-state index in [0.717, 1.165) is 10.2 Å². The lowest BCUT2D eigenvalue weighted by Crippen LogP contribution is -2.38. The molecule has 2 N–H and O–H groups in total. The highest BCUT2D eigenvalue weighted by Gasteiger charge is 2.23. The van der Waals surface area contributed by atoms with Crippen molar-refractivity contribution in [3.05, 3.63) is 76.9 Å². The van der Waals surface area contributed by atoms with Crippen LogP contribution in [0.2, 0.25) is 0 Å². The zero-order chi connectivity index (χ0) is 21.5. The fourth-order valence-electron chi connectivity index (χ4n) is 2.74. The van der Waals surface area contributed by atoms with Gasteiger partial charge < -0.3 is 15.4 Å². The third kappa shape index (κ3) is 5.54. The van der Waals surface area contributed by atoms with Crippen molar-refractivity contribution >= 4 is 39.5 Å². The van der Waals surface area contributed by atoms with E-state index in [-0.39, 0.29) is 12.2 Å². The Morgan fingerprint density at radius 1 is 1.07 bits per heavy atom. The highest BCUT2D eigenvalue weighted by molar-refractivity contribution is 9.10. The van der Waals surface area contributed by atoms with E-state index in [1.807, 2.05) is 36.4 Å². The number of hydrogen-bond donors (Lipinski definition) is 2. The van der Waals surface area contributed by atoms with E-state index >= 15 is 0 Å². The van der Waals surface area contributed by atoms with Crippen molar-refractivity contribution in [3.8, 4) is 5.69 Å². The SMILES string of the molecule is COC(=O)CC(NC(=O)C(=O)Nc1ccn(-c2ccccc2)n1)c1cccc(Br)c1. The predicted molar refractivity (Wildman–Crippen MR) is 114 cm³/mol. The molecule has 3 aromatic rings. The Kier molecular flexibility index (Phi) is 6.97. The van der Waals surface area contributed by atoms with Gasteiger partial charge in [-0.05, 0) is 29.8 Å². The molecule has 2 aromatic carbocycles. The fourth-order valence-corrected chi connectivity index (χ4v) is 3.15. The van der Waals surface area contributed by atoms with Gasteiger partial charge in [-0.25, -0.2) is 4.68 Å². The molecular formula is C21H19BrN4O4. The molecule has 30 heavy (non-hydrogen) atoms. The molecule has 0 bridgehead atoms. The smallest absolute Gasteiger partial charge is 0.314 e. The number of esters is 1. The number of para-hydroxylation sites is 1. The van der Waals surface area contributed by atoms with Gasteiger partial charge in [-0.3, -0.25) is 14.4 Å². The Morgan fingerprint density at radius 2 is 1.83 bits per heavy atom. The van der Waals surface area contributed by atoms with Crippen LogP contribution in [0.3, 0.4) is 0 Å². The van der Waals surface area contributed by atoms with Crippen molar-refractivity contribution in [1.82, 2.24) is 15.1 Å². The summed E-state index contributed by atoms with van der Waals surface area (Å²) in [6, 6.07) is 17.3. The summed E-state index contributed by atoms with van der Waals surface area (Å²) in [5.74, 6) is -2.07. The van der Waals surface area contributed by atoms with Crippen molar-refractivity contribution < 1.29 is 19.1 Å². The minimum atomic E-state index is -0.891. The molecule has 0 saturated carbocycles. The van der Waals surface area contributed by atoms with Crippen molar-refractivity contribution in [2.75, 3.05) is 12.4 Å². The normalized spacial score (nSPS) is 11.4. The number of benzene rings is 2. The second kappa shape index (κ2) is 9.84. The summed E-state index contributed by atoms with van der Waals surface area (Å²) in [6.07, 6.45) is 1.55. The van der Waals surface area contributed by atoms with Crippen LogP contribution in [0.15, 0.2) is 71.3 Å². The van der Waals surface area contributed by atoms with Crippen molar-refractivity contribution in [1.29, 1.82) is 0 Å². The molecule has 9 heteroatoms. The molecule has 1 unspecified atom stereocenters. The van der Waals surface area contributed by atoms with Crippen LogP contribution >= 0.6 is 15.9 Å². The van der Waals surface area contributed by atoms with E-state index < -0.39 is 23.8 Å². The molecule has 0 aliphatic carbocycles. The number of ether oxygens (including phenoxy) is 1. The zero-order valence-corrected chi connectivity index (χ0v) is 17.6. The van der Waals surface area contributed by atoms with E-state index in [4.69, 9.17) is 4.74 Å². The molecule has 2 amide bonds. The van der Waals surface area contributed by atoms with E-state index in [2.05, 4.69) is 31.7 Å². The number of carbonyl (C=O) groups excluding carboxylic acids is 3. The molecule has 1 atom stereocenters. The Bertz CT molecular complexity index is 1050. The van der Waals surface area contributed by atoms with E-state index in [1.54, 1.807) is 35.1 Å². The third-order valence-corrected chi connectivity index (χ3v) is 4.71. The summed E-state index contributed by atoms with van der Waals surface area (Å²) in [6.45, 7) is 0. The van der Waals surface area contributed by atoms with Crippen LogP contribution < -0.4 is 10.6 Å². The molecule has 0 radical (unpaired) electrons. The second-order valence-electron chi connectivity index (χ2n) is 6.30. The molecule has 0 fully saturated rings. The lowest BCUT2D eigenvalue weighted by atomic mass is 10.0. The van der Waals surface area contributed by atoms with Gasteiger partial charge in [-0.1, -0.05) is 46.3 Å². The number of rotatable bonds is 6. The number of methoxy groups -OCH3 is 1. The highest BCUT2D eigenvalue weighted by atomic mass is 79.9. The summed E-state index contributed by atoms with van der Waals surface area (Å²) in [5.41, 5.74) is 1.47. The molecule has 0 aliphatic heterocycles. The van der Waals surface area contributed by atoms with Crippen LogP contribution in [0.5, 0.6) is 0 Å². The number of hydrogen-bond acceptors (Lipinski definition) is 5. The maximum atomic E-state index is 12.4. The van der Waals surface area contributed by atoms with Crippen molar-refractivity contribution in [2.45, 2.75) is 12.5 Å². The molecule has 0 aliphatic rings. The number of anilines is 1. The first-order valence-electron chi connectivity index (χ1n) is 9.01. The maximum absolute atomic E-state index is 12.4. The maximum Gasteiger partial charge on any atom is 0.314 e. The first-order valence-corrected chi connectivity index (χ1v) is 9.81. The predicted octanol–water partition coefficient (Wildman–Crippen LogP) is 2.99. The van der Waals surface area contributed by atoms with Gasteiger partial charge >= 0.3 is 17.8 Å². The largest absolute Gasteiger partial charge is 0.469 e. The summed E-state index contributed by atoms with van der Waals surface area (Å²) >= 11 is 3.36. The van der Waals surface area contributed by atoms with Gasteiger partial charge in [-0.2, -0.15) is 5.10 Å². The second-order valence-corrected chi connectivity index (χ2v) is 7.21. The first kappa shape index (κ1) is 21.3. The number of carbonyl (C=O) groups is 3. The summed E-state index contributed by atoms with van der Waals surface area (Å²) in [5, 5.41) is 9.27. The topological polar surface area (TPSA) is 102 Å². The third-order valence-electron chi connectivity index (χ3n) is 4.21. The van der Waals surface area contributed by atoms with Crippen LogP contribution in [0.4, 0.5) is 5.82 Å². The first-order chi connectivity index (χ1) is 14.5. The van der Waals surface area contributed by atoms with Crippen molar-refractivity contribution in [3.63, 3.8) is 0 Å². The standard InChI is InChI=1S/C21H19BrN4O4/c1-30-19(27)13-17(14-6-5-7-15(22)12-14)23-20(28)21(29)24-18-10-11-26(25-18)16-8-3-2-4-9-16/h2-12,17H,13H2,1H3,(H,23,28)(H,24,25,29). The summed E-state index contributed by atoms with van der Waals surface area (Å²) in [4.78, 5) is 36.6. The van der Waals surface area contributed by atoms with E-state index in [0.29, 0.717) is 5.56 Å². The van der Waals surface area contributed by atoms with E-state index in [1.165, 1.54) is 7.11 Å². The lowest BCUT2D eigenvalue weighted by Gasteiger charge is -2.18. The average molecular weight is 471 g/mol. The molecule has 1 aromatic heterocycles. The Labute approximate surface area is 181 Å². The van der Waals surface area contributed by atoms with Gasteiger partial charge in [0.2, 0.25) is 0 Å². The van der Waals surface area contributed by atoms with Gasteiger partial charge in [0.15, 0.2) is 5.82 Å². The van der Waals surface area contributed by atoms with Gasteiger partial charge in [0.05, 0.1) is 25.3 Å². The number of nitrogens with zero attached hydrogens (tertiary/aromatic N) is 2. The molecule has 154 valence electrons. The monoisotopic (exact) mass is 470 g/mol.